The normalized spacial score (nSPS) is 10.2. The van der Waals surface area contributed by atoms with Gasteiger partial charge in [-0.25, -0.2) is 0 Å². The first-order valence-corrected chi connectivity index (χ1v) is 6.67. The molecule has 0 saturated heterocycles. The largest absolute Gasteiger partial charge is 0.495 e. The average molecular weight is 307 g/mol. The zero-order valence-electron chi connectivity index (χ0n) is 11.7. The molecule has 1 aromatic carbocycles. The molecule has 1 heterocycles. The summed E-state index contributed by atoms with van der Waals surface area (Å²) in [6.07, 6.45) is 2.38. The molecule has 110 valence electrons. The van der Waals surface area contributed by atoms with E-state index in [1.807, 2.05) is 6.92 Å². The highest BCUT2D eigenvalue weighted by molar-refractivity contribution is 6.31. The molecule has 0 fully saturated rings. The number of ether oxygens (including phenoxy) is 1. The number of benzene rings is 1. The first-order valence-electron chi connectivity index (χ1n) is 6.29. The van der Waals surface area contributed by atoms with E-state index in [4.69, 9.17) is 16.3 Å². The molecule has 0 aliphatic rings. The van der Waals surface area contributed by atoms with Gasteiger partial charge >= 0.3 is 0 Å². The molecule has 0 bridgehead atoms. The lowest BCUT2D eigenvalue weighted by atomic mass is 10.2. The summed E-state index contributed by atoms with van der Waals surface area (Å²) in [6, 6.07) is 6.76. The van der Waals surface area contributed by atoms with E-state index in [1.54, 1.807) is 35.0 Å². The van der Waals surface area contributed by atoms with Gasteiger partial charge in [-0.2, -0.15) is 0 Å². The van der Waals surface area contributed by atoms with Crippen LogP contribution in [0.25, 0.3) is 0 Å². The number of carbonyl (C=O) groups excluding carboxylic acids is 2. The SMILES string of the molecule is COc1cc(Cl)c(C)cc1NC(=O)Cn1cccc1C=O. The maximum Gasteiger partial charge on any atom is 0.244 e. The summed E-state index contributed by atoms with van der Waals surface area (Å²) in [5, 5.41) is 3.33. The van der Waals surface area contributed by atoms with Crippen LogP contribution in [0, 0.1) is 6.92 Å². The molecular weight excluding hydrogens is 292 g/mol. The molecule has 0 radical (unpaired) electrons. The Morgan fingerprint density at radius 3 is 2.90 bits per heavy atom. The molecule has 0 spiro atoms. The van der Waals surface area contributed by atoms with Gasteiger partial charge in [0, 0.05) is 17.3 Å². The predicted molar refractivity (Wildman–Crippen MR) is 81.2 cm³/mol. The molecular formula is C15H15ClN2O3. The van der Waals surface area contributed by atoms with E-state index in [9.17, 15) is 9.59 Å². The molecule has 0 unspecified atom stereocenters. The van der Waals surface area contributed by atoms with Crippen LogP contribution in [0.15, 0.2) is 30.5 Å². The molecule has 2 rings (SSSR count). The lowest BCUT2D eigenvalue weighted by molar-refractivity contribution is -0.116. The third-order valence-electron chi connectivity index (χ3n) is 3.05. The van der Waals surface area contributed by atoms with Crippen LogP contribution in [0.2, 0.25) is 5.02 Å². The number of carbonyl (C=O) groups is 2. The smallest absolute Gasteiger partial charge is 0.244 e. The maximum atomic E-state index is 12.1. The Morgan fingerprint density at radius 2 is 2.24 bits per heavy atom. The van der Waals surface area contributed by atoms with Gasteiger partial charge in [0.15, 0.2) is 6.29 Å². The van der Waals surface area contributed by atoms with Crippen LogP contribution in [0.1, 0.15) is 16.1 Å². The van der Waals surface area contributed by atoms with Gasteiger partial charge in [-0.1, -0.05) is 11.6 Å². The fourth-order valence-corrected chi connectivity index (χ4v) is 2.11. The van der Waals surface area contributed by atoms with E-state index >= 15 is 0 Å². The van der Waals surface area contributed by atoms with Crippen LogP contribution in [-0.2, 0) is 11.3 Å². The van der Waals surface area contributed by atoms with Gasteiger partial charge in [0.05, 0.1) is 18.5 Å². The van der Waals surface area contributed by atoms with Crippen LogP contribution in [-0.4, -0.2) is 23.9 Å². The Labute approximate surface area is 127 Å². The van der Waals surface area contributed by atoms with E-state index in [2.05, 4.69) is 5.32 Å². The van der Waals surface area contributed by atoms with Crippen LogP contribution < -0.4 is 10.1 Å². The third kappa shape index (κ3) is 3.44. The number of aryl methyl sites for hydroxylation is 1. The molecule has 1 N–H and O–H groups in total. The number of hydrogen-bond donors (Lipinski definition) is 1. The van der Waals surface area contributed by atoms with Crippen LogP contribution >= 0.6 is 11.6 Å². The van der Waals surface area contributed by atoms with Crippen molar-refractivity contribution in [3.8, 4) is 5.75 Å². The van der Waals surface area contributed by atoms with Crippen molar-refractivity contribution in [3.63, 3.8) is 0 Å². The van der Waals surface area contributed by atoms with E-state index < -0.39 is 0 Å². The minimum absolute atomic E-state index is 0.0475. The number of amides is 1. The minimum atomic E-state index is -0.255. The van der Waals surface area contributed by atoms with Crippen molar-refractivity contribution in [3.05, 3.63) is 46.7 Å². The second-order valence-corrected chi connectivity index (χ2v) is 4.94. The number of nitrogens with one attached hydrogen (secondary N) is 1. The highest BCUT2D eigenvalue weighted by Crippen LogP contribution is 2.30. The lowest BCUT2D eigenvalue weighted by Crippen LogP contribution is -2.19. The van der Waals surface area contributed by atoms with Gasteiger partial charge in [-0.3, -0.25) is 9.59 Å². The fourth-order valence-electron chi connectivity index (χ4n) is 1.95. The molecule has 0 aliphatic heterocycles. The van der Waals surface area contributed by atoms with Crippen LogP contribution in [0.5, 0.6) is 5.75 Å². The number of aldehydes is 1. The Balaban J connectivity index is 2.16. The van der Waals surface area contributed by atoms with Crippen molar-refractivity contribution in [1.82, 2.24) is 4.57 Å². The van der Waals surface area contributed by atoms with Crippen molar-refractivity contribution >= 4 is 29.5 Å². The summed E-state index contributed by atoms with van der Waals surface area (Å²) < 4.78 is 6.77. The molecule has 1 aromatic heterocycles. The monoisotopic (exact) mass is 306 g/mol. The van der Waals surface area contributed by atoms with Crippen molar-refractivity contribution in [1.29, 1.82) is 0 Å². The number of hydrogen-bond acceptors (Lipinski definition) is 3. The first-order chi connectivity index (χ1) is 10.0. The first kappa shape index (κ1) is 15.1. The number of nitrogens with zero attached hydrogens (tertiary/aromatic N) is 1. The maximum absolute atomic E-state index is 12.1. The molecule has 1 amide bonds. The highest BCUT2D eigenvalue weighted by Gasteiger charge is 2.11. The summed E-state index contributed by atoms with van der Waals surface area (Å²) in [7, 11) is 1.51. The van der Waals surface area contributed by atoms with E-state index in [0.29, 0.717) is 28.4 Å². The Bertz CT molecular complexity index is 680. The quantitative estimate of drug-likeness (QED) is 0.864. The van der Waals surface area contributed by atoms with Crippen LogP contribution in [0.3, 0.4) is 0 Å². The van der Waals surface area contributed by atoms with E-state index in [0.717, 1.165) is 5.56 Å². The second kappa shape index (κ2) is 6.45. The standard InChI is InChI=1S/C15H15ClN2O3/c1-10-6-13(14(21-2)7-12(10)16)17-15(20)8-18-5-3-4-11(18)9-19/h3-7,9H,8H2,1-2H3,(H,17,20). The Morgan fingerprint density at radius 1 is 1.48 bits per heavy atom. The van der Waals surface area contributed by atoms with Gasteiger partial charge < -0.3 is 14.6 Å². The molecule has 0 aliphatic carbocycles. The van der Waals surface area contributed by atoms with Gasteiger partial charge in [0.25, 0.3) is 0 Å². The molecule has 2 aromatic rings. The molecule has 6 heteroatoms. The summed E-state index contributed by atoms with van der Waals surface area (Å²) in [5.74, 6) is 0.233. The van der Waals surface area contributed by atoms with Crippen molar-refractivity contribution in [2.75, 3.05) is 12.4 Å². The minimum Gasteiger partial charge on any atom is -0.495 e. The Kier molecular flexibility index (Phi) is 4.65. The van der Waals surface area contributed by atoms with Gasteiger partial charge in [-0.05, 0) is 30.7 Å². The zero-order valence-corrected chi connectivity index (χ0v) is 12.5. The second-order valence-electron chi connectivity index (χ2n) is 4.53. The summed E-state index contributed by atoms with van der Waals surface area (Å²) in [5.41, 5.74) is 1.83. The van der Waals surface area contributed by atoms with Gasteiger partial charge in [0.2, 0.25) is 5.91 Å². The Hall–Kier alpha value is -2.27. The van der Waals surface area contributed by atoms with Crippen molar-refractivity contribution < 1.29 is 14.3 Å². The van der Waals surface area contributed by atoms with Gasteiger partial charge in [-0.15, -0.1) is 0 Å². The fraction of sp³-hybridized carbons (Fsp3) is 0.200. The van der Waals surface area contributed by atoms with E-state index in [1.165, 1.54) is 7.11 Å². The third-order valence-corrected chi connectivity index (χ3v) is 3.46. The number of halogens is 1. The van der Waals surface area contributed by atoms with Crippen LogP contribution in [0.4, 0.5) is 5.69 Å². The topological polar surface area (TPSA) is 60.3 Å². The summed E-state index contributed by atoms with van der Waals surface area (Å²) >= 11 is 6.02. The average Bonchev–Trinajstić information content (AvgIpc) is 2.89. The highest BCUT2D eigenvalue weighted by atomic mass is 35.5. The molecule has 21 heavy (non-hydrogen) atoms. The zero-order chi connectivity index (χ0) is 15.4. The summed E-state index contributed by atoms with van der Waals surface area (Å²) in [6.45, 7) is 1.89. The lowest BCUT2D eigenvalue weighted by Gasteiger charge is -2.13. The van der Waals surface area contributed by atoms with Crippen molar-refractivity contribution in [2.24, 2.45) is 0 Å². The molecule has 5 nitrogen and oxygen atoms in total. The summed E-state index contributed by atoms with van der Waals surface area (Å²) in [4.78, 5) is 22.9. The number of rotatable bonds is 5. The number of anilines is 1. The number of methoxy groups -OCH3 is 1. The predicted octanol–water partition coefficient (Wildman–Crippen LogP) is 2.91. The van der Waals surface area contributed by atoms with Gasteiger partial charge in [0.1, 0.15) is 12.3 Å². The molecule has 0 saturated carbocycles. The number of aromatic nitrogens is 1. The van der Waals surface area contributed by atoms with Crippen molar-refractivity contribution in [2.45, 2.75) is 13.5 Å². The molecule has 0 atom stereocenters. The van der Waals surface area contributed by atoms with E-state index in [-0.39, 0.29) is 12.5 Å².